The second kappa shape index (κ2) is 7.47. The van der Waals surface area contributed by atoms with Gasteiger partial charge in [0.05, 0.1) is 23.6 Å². The lowest BCUT2D eigenvalue weighted by atomic mass is 10.2. The van der Waals surface area contributed by atoms with E-state index in [1.807, 2.05) is 12.1 Å². The van der Waals surface area contributed by atoms with Gasteiger partial charge < -0.3 is 5.32 Å². The number of sulfonamides is 1. The molecule has 0 fully saturated rings. The van der Waals surface area contributed by atoms with Crippen LogP contribution in [-0.4, -0.2) is 27.1 Å². The minimum Gasteiger partial charge on any atom is -0.324 e. The van der Waals surface area contributed by atoms with E-state index in [0.29, 0.717) is 11.3 Å². The molecule has 0 heterocycles. The van der Waals surface area contributed by atoms with Gasteiger partial charge in [0.25, 0.3) is 0 Å². The monoisotopic (exact) mass is 407 g/mol. The first-order valence-corrected chi connectivity index (χ1v) is 9.47. The number of rotatable bonds is 5. The summed E-state index contributed by atoms with van der Waals surface area (Å²) in [6.07, 6.45) is 1.01. The van der Waals surface area contributed by atoms with Gasteiger partial charge in [-0.05, 0) is 36.4 Å². The Kier molecular flexibility index (Phi) is 5.59. The van der Waals surface area contributed by atoms with Crippen molar-refractivity contribution in [3.63, 3.8) is 0 Å². The second-order valence-electron chi connectivity index (χ2n) is 4.99. The van der Waals surface area contributed by atoms with E-state index in [1.54, 1.807) is 30.3 Å². The summed E-state index contributed by atoms with van der Waals surface area (Å²) in [7, 11) is -3.68. The van der Waals surface area contributed by atoms with Crippen molar-refractivity contribution in [3.05, 3.63) is 58.6 Å². The van der Waals surface area contributed by atoms with Crippen LogP contribution in [0, 0.1) is 11.3 Å². The predicted molar refractivity (Wildman–Crippen MR) is 96.1 cm³/mol. The summed E-state index contributed by atoms with van der Waals surface area (Å²) in [6, 6.07) is 15.0. The van der Waals surface area contributed by atoms with E-state index in [-0.39, 0.29) is 12.2 Å². The SMILES string of the molecule is CS(=O)(=O)N(CC(=O)Nc1cccc(Br)c1)c1cccc(C#N)c1. The molecule has 8 heteroatoms. The number of amides is 1. The molecule has 0 saturated heterocycles. The summed E-state index contributed by atoms with van der Waals surface area (Å²) >= 11 is 3.30. The van der Waals surface area contributed by atoms with Gasteiger partial charge >= 0.3 is 0 Å². The maximum absolute atomic E-state index is 12.2. The summed E-state index contributed by atoms with van der Waals surface area (Å²) < 4.78 is 25.8. The number of carbonyl (C=O) groups is 1. The van der Waals surface area contributed by atoms with Crippen LogP contribution in [0.3, 0.4) is 0 Å². The molecule has 0 aliphatic heterocycles. The summed E-state index contributed by atoms with van der Waals surface area (Å²) in [6.45, 7) is -0.389. The van der Waals surface area contributed by atoms with Gasteiger partial charge in [0.1, 0.15) is 6.54 Å². The standard InChI is InChI=1S/C16H14BrN3O3S/c1-24(22,23)20(15-7-2-4-12(8-15)10-18)11-16(21)19-14-6-3-5-13(17)9-14/h2-9H,11H2,1H3,(H,19,21). The van der Waals surface area contributed by atoms with Crippen LogP contribution in [0.1, 0.15) is 5.56 Å². The second-order valence-corrected chi connectivity index (χ2v) is 7.81. The first-order valence-electron chi connectivity index (χ1n) is 6.83. The fourth-order valence-electron chi connectivity index (χ4n) is 2.03. The van der Waals surface area contributed by atoms with Crippen LogP contribution in [0.25, 0.3) is 0 Å². The van der Waals surface area contributed by atoms with E-state index in [1.165, 1.54) is 12.1 Å². The van der Waals surface area contributed by atoms with E-state index in [9.17, 15) is 13.2 Å². The molecule has 0 radical (unpaired) electrons. The molecule has 2 aromatic carbocycles. The van der Waals surface area contributed by atoms with Gasteiger partial charge in [0.15, 0.2) is 0 Å². The zero-order chi connectivity index (χ0) is 17.7. The van der Waals surface area contributed by atoms with Crippen molar-refractivity contribution in [1.29, 1.82) is 5.26 Å². The number of benzene rings is 2. The Morgan fingerprint density at radius 2 is 1.96 bits per heavy atom. The van der Waals surface area contributed by atoms with Crippen LogP contribution in [0.4, 0.5) is 11.4 Å². The summed E-state index contributed by atoms with van der Waals surface area (Å²) in [5, 5.41) is 11.6. The molecule has 0 saturated carbocycles. The third-order valence-electron chi connectivity index (χ3n) is 3.06. The Balaban J connectivity index is 2.23. The Bertz CT molecular complexity index is 907. The predicted octanol–water partition coefficient (Wildman–Crippen LogP) is 2.73. The van der Waals surface area contributed by atoms with Crippen molar-refractivity contribution in [2.24, 2.45) is 0 Å². The fourth-order valence-corrected chi connectivity index (χ4v) is 3.28. The molecule has 0 unspecified atom stereocenters. The topological polar surface area (TPSA) is 90.3 Å². The maximum Gasteiger partial charge on any atom is 0.245 e. The number of anilines is 2. The minimum atomic E-state index is -3.68. The highest BCUT2D eigenvalue weighted by Crippen LogP contribution is 2.20. The molecule has 0 bridgehead atoms. The lowest BCUT2D eigenvalue weighted by molar-refractivity contribution is -0.114. The summed E-state index contributed by atoms with van der Waals surface area (Å²) in [5.74, 6) is -0.485. The Hall–Kier alpha value is -2.37. The van der Waals surface area contributed by atoms with Crippen LogP contribution in [0.15, 0.2) is 53.0 Å². The lowest BCUT2D eigenvalue weighted by Gasteiger charge is -2.22. The van der Waals surface area contributed by atoms with E-state index in [4.69, 9.17) is 5.26 Å². The number of nitrogens with one attached hydrogen (secondary N) is 1. The molecule has 2 aromatic rings. The van der Waals surface area contributed by atoms with E-state index >= 15 is 0 Å². The number of carbonyl (C=O) groups excluding carboxylic acids is 1. The minimum absolute atomic E-state index is 0.265. The van der Waals surface area contributed by atoms with E-state index in [2.05, 4.69) is 21.2 Å². The van der Waals surface area contributed by atoms with Crippen LogP contribution in [-0.2, 0) is 14.8 Å². The van der Waals surface area contributed by atoms with Gasteiger partial charge in [0.2, 0.25) is 15.9 Å². The third kappa shape index (κ3) is 4.81. The molecular weight excluding hydrogens is 394 g/mol. The van der Waals surface area contributed by atoms with E-state index in [0.717, 1.165) is 15.0 Å². The summed E-state index contributed by atoms with van der Waals surface area (Å²) in [5.41, 5.74) is 1.13. The van der Waals surface area contributed by atoms with Crippen LogP contribution < -0.4 is 9.62 Å². The van der Waals surface area contributed by atoms with Crippen LogP contribution >= 0.6 is 15.9 Å². The van der Waals surface area contributed by atoms with Crippen molar-refractivity contribution >= 4 is 43.2 Å². The number of hydrogen-bond donors (Lipinski definition) is 1. The number of halogens is 1. The molecule has 0 aliphatic rings. The van der Waals surface area contributed by atoms with Gasteiger partial charge in [-0.3, -0.25) is 9.10 Å². The zero-order valence-electron chi connectivity index (χ0n) is 12.7. The average molecular weight is 408 g/mol. The van der Waals surface area contributed by atoms with Gasteiger partial charge in [-0.15, -0.1) is 0 Å². The molecule has 124 valence electrons. The van der Waals surface area contributed by atoms with Crippen LogP contribution in [0.2, 0.25) is 0 Å². The van der Waals surface area contributed by atoms with Crippen molar-refractivity contribution in [1.82, 2.24) is 0 Å². The first kappa shape index (κ1) is 18.0. The van der Waals surface area contributed by atoms with Crippen LogP contribution in [0.5, 0.6) is 0 Å². The number of nitrogens with zero attached hydrogens (tertiary/aromatic N) is 2. The van der Waals surface area contributed by atoms with Gasteiger partial charge in [-0.1, -0.05) is 28.1 Å². The Morgan fingerprint density at radius 1 is 1.25 bits per heavy atom. The zero-order valence-corrected chi connectivity index (χ0v) is 15.1. The molecule has 0 aromatic heterocycles. The smallest absolute Gasteiger partial charge is 0.245 e. The first-order chi connectivity index (χ1) is 11.3. The molecule has 1 N–H and O–H groups in total. The highest BCUT2D eigenvalue weighted by molar-refractivity contribution is 9.10. The van der Waals surface area contributed by atoms with Crippen molar-refractivity contribution in [2.75, 3.05) is 22.4 Å². The Morgan fingerprint density at radius 3 is 2.58 bits per heavy atom. The molecule has 0 atom stereocenters. The Labute approximate surface area is 148 Å². The summed E-state index contributed by atoms with van der Waals surface area (Å²) in [4.78, 5) is 12.2. The molecule has 0 aliphatic carbocycles. The van der Waals surface area contributed by atoms with Crippen molar-refractivity contribution in [2.45, 2.75) is 0 Å². The highest BCUT2D eigenvalue weighted by atomic mass is 79.9. The molecule has 2 rings (SSSR count). The largest absolute Gasteiger partial charge is 0.324 e. The molecule has 6 nitrogen and oxygen atoms in total. The normalized spacial score (nSPS) is 10.7. The van der Waals surface area contributed by atoms with Crippen molar-refractivity contribution in [3.8, 4) is 6.07 Å². The number of nitriles is 1. The van der Waals surface area contributed by atoms with E-state index < -0.39 is 15.9 Å². The third-order valence-corrected chi connectivity index (χ3v) is 4.69. The van der Waals surface area contributed by atoms with Crippen molar-refractivity contribution < 1.29 is 13.2 Å². The maximum atomic E-state index is 12.2. The van der Waals surface area contributed by atoms with Gasteiger partial charge in [0, 0.05) is 10.2 Å². The quantitative estimate of drug-likeness (QED) is 0.824. The van der Waals surface area contributed by atoms with Gasteiger partial charge in [-0.2, -0.15) is 5.26 Å². The average Bonchev–Trinajstić information content (AvgIpc) is 2.51. The van der Waals surface area contributed by atoms with Gasteiger partial charge in [-0.25, -0.2) is 8.42 Å². The lowest BCUT2D eigenvalue weighted by Crippen LogP contribution is -2.37. The highest BCUT2D eigenvalue weighted by Gasteiger charge is 2.21. The molecular formula is C16H14BrN3O3S. The molecule has 0 spiro atoms. The molecule has 1 amide bonds. The number of hydrogen-bond acceptors (Lipinski definition) is 4. The molecule has 24 heavy (non-hydrogen) atoms. The fraction of sp³-hybridized carbons (Fsp3) is 0.125.